The van der Waals surface area contributed by atoms with Gasteiger partial charge in [0.1, 0.15) is 6.07 Å². The molecule has 23 heavy (non-hydrogen) atoms. The van der Waals surface area contributed by atoms with E-state index in [2.05, 4.69) is 6.07 Å². The Labute approximate surface area is 135 Å². The van der Waals surface area contributed by atoms with Crippen LogP contribution in [0.25, 0.3) is 0 Å². The first-order valence-electron chi connectivity index (χ1n) is 7.60. The maximum absolute atomic E-state index is 11.5. The Morgan fingerprint density at radius 1 is 1.43 bits per heavy atom. The summed E-state index contributed by atoms with van der Waals surface area (Å²) in [7, 11) is 0. The third-order valence-corrected chi connectivity index (χ3v) is 4.40. The third kappa shape index (κ3) is 2.65. The van der Waals surface area contributed by atoms with Crippen LogP contribution >= 0.6 is 0 Å². The average Bonchev–Trinajstić information content (AvgIpc) is 2.99. The predicted molar refractivity (Wildman–Crippen MR) is 82.2 cm³/mol. The number of ether oxygens (including phenoxy) is 3. The van der Waals surface area contributed by atoms with Gasteiger partial charge in [-0.25, -0.2) is 0 Å². The van der Waals surface area contributed by atoms with E-state index in [-0.39, 0.29) is 12.7 Å². The van der Waals surface area contributed by atoms with Crippen molar-refractivity contribution in [3.05, 3.63) is 47.5 Å². The summed E-state index contributed by atoms with van der Waals surface area (Å²) in [6, 6.07) is 11.9. The summed E-state index contributed by atoms with van der Waals surface area (Å²) in [5.74, 6) is -0.490. The molecule has 5 heteroatoms. The molecule has 2 aliphatic heterocycles. The molecule has 0 aliphatic carbocycles. The van der Waals surface area contributed by atoms with Crippen molar-refractivity contribution in [3.8, 4) is 6.07 Å². The molecule has 2 aliphatic rings. The number of fused-ring (bicyclic) bond motifs is 2. The minimum absolute atomic E-state index is 0.163. The molecule has 1 aromatic rings. The smallest absolute Gasteiger partial charge is 0.304 e. The highest BCUT2D eigenvalue weighted by Crippen LogP contribution is 2.51. The second-order valence-electron chi connectivity index (χ2n) is 6.10. The molecule has 5 nitrogen and oxygen atoms in total. The molecule has 0 spiro atoms. The van der Waals surface area contributed by atoms with E-state index < -0.39 is 17.2 Å². The molecule has 2 heterocycles. The van der Waals surface area contributed by atoms with Gasteiger partial charge in [-0.15, -0.1) is 0 Å². The number of hydrogen-bond acceptors (Lipinski definition) is 5. The van der Waals surface area contributed by atoms with Crippen molar-refractivity contribution >= 4 is 5.97 Å². The van der Waals surface area contributed by atoms with Crippen molar-refractivity contribution < 1.29 is 19.0 Å². The van der Waals surface area contributed by atoms with Gasteiger partial charge in [0, 0.05) is 13.3 Å². The SMILES string of the molecule is CC(=O)O[C@@]1(C#N)C[C@H]2O[C@]1(COCc1ccccc1)C=C2C. The summed E-state index contributed by atoms with van der Waals surface area (Å²) in [6.45, 7) is 3.83. The number of carbonyl (C=O) groups excluding carboxylic acids is 1. The fraction of sp³-hybridized carbons (Fsp3) is 0.444. The monoisotopic (exact) mass is 313 g/mol. The highest BCUT2D eigenvalue weighted by atomic mass is 16.6. The minimum Gasteiger partial charge on any atom is -0.440 e. The predicted octanol–water partition coefficient (Wildman–Crippen LogP) is 2.52. The Morgan fingerprint density at radius 2 is 2.17 bits per heavy atom. The maximum atomic E-state index is 11.5. The number of esters is 1. The summed E-state index contributed by atoms with van der Waals surface area (Å²) in [5, 5.41) is 9.66. The Hall–Kier alpha value is -2.16. The van der Waals surface area contributed by atoms with Crippen LogP contribution in [0.2, 0.25) is 0 Å². The molecule has 0 radical (unpaired) electrons. The van der Waals surface area contributed by atoms with Crippen LogP contribution in [0.4, 0.5) is 0 Å². The molecule has 1 fully saturated rings. The lowest BCUT2D eigenvalue weighted by Gasteiger charge is -2.36. The molecule has 3 atom stereocenters. The van der Waals surface area contributed by atoms with Gasteiger partial charge in [-0.1, -0.05) is 30.3 Å². The van der Waals surface area contributed by atoms with Gasteiger partial charge in [-0.3, -0.25) is 4.79 Å². The molecule has 0 amide bonds. The molecule has 0 unspecified atom stereocenters. The molecule has 0 N–H and O–H groups in total. The van der Waals surface area contributed by atoms with Gasteiger partial charge in [-0.05, 0) is 24.1 Å². The van der Waals surface area contributed by atoms with Crippen LogP contribution in [0.1, 0.15) is 25.8 Å². The topological polar surface area (TPSA) is 68.6 Å². The molecule has 2 bridgehead atoms. The number of rotatable bonds is 5. The normalized spacial score (nSPS) is 31.5. The van der Waals surface area contributed by atoms with Crippen LogP contribution in [0.5, 0.6) is 0 Å². The number of benzene rings is 1. The number of carbonyl (C=O) groups is 1. The summed E-state index contributed by atoms with van der Waals surface area (Å²) in [5.41, 5.74) is -0.269. The molecule has 120 valence electrons. The van der Waals surface area contributed by atoms with E-state index in [0.717, 1.165) is 11.1 Å². The zero-order valence-electron chi connectivity index (χ0n) is 13.2. The Morgan fingerprint density at radius 3 is 2.78 bits per heavy atom. The summed E-state index contributed by atoms with van der Waals surface area (Å²) >= 11 is 0. The van der Waals surface area contributed by atoms with Gasteiger partial charge in [0.15, 0.2) is 5.60 Å². The average molecular weight is 313 g/mol. The van der Waals surface area contributed by atoms with Crippen LogP contribution in [-0.2, 0) is 25.6 Å². The molecule has 0 aromatic heterocycles. The highest BCUT2D eigenvalue weighted by Gasteiger charge is 2.66. The Bertz CT molecular complexity index is 678. The molecular weight excluding hydrogens is 294 g/mol. The van der Waals surface area contributed by atoms with E-state index in [1.54, 1.807) is 0 Å². The standard InChI is InChI=1S/C18H19NO4/c1-13-8-18(12-21-10-15-6-4-3-5-7-15)17(11-19,22-14(2)20)9-16(13)23-18/h3-8,16H,9-10,12H2,1-2H3/t16-,17-,18+/m1/s1. The van der Waals surface area contributed by atoms with E-state index in [1.165, 1.54) is 6.92 Å². The van der Waals surface area contributed by atoms with E-state index in [1.807, 2.05) is 43.3 Å². The van der Waals surface area contributed by atoms with Crippen LogP contribution in [0.3, 0.4) is 0 Å². The van der Waals surface area contributed by atoms with Crippen LogP contribution in [0, 0.1) is 11.3 Å². The maximum Gasteiger partial charge on any atom is 0.304 e. The van der Waals surface area contributed by atoms with Crippen molar-refractivity contribution in [1.29, 1.82) is 5.26 Å². The highest BCUT2D eigenvalue weighted by molar-refractivity contribution is 5.68. The summed E-state index contributed by atoms with van der Waals surface area (Å²) < 4.78 is 17.2. The molecule has 1 saturated heterocycles. The van der Waals surface area contributed by atoms with Gasteiger partial charge < -0.3 is 14.2 Å². The fourth-order valence-corrected chi connectivity index (χ4v) is 3.31. The quantitative estimate of drug-likeness (QED) is 0.617. The second-order valence-corrected chi connectivity index (χ2v) is 6.10. The molecule has 1 aromatic carbocycles. The third-order valence-electron chi connectivity index (χ3n) is 4.40. The Kier molecular flexibility index (Phi) is 3.97. The largest absolute Gasteiger partial charge is 0.440 e. The minimum atomic E-state index is -1.32. The first-order chi connectivity index (χ1) is 11.0. The lowest BCUT2D eigenvalue weighted by molar-refractivity contribution is -0.168. The summed E-state index contributed by atoms with van der Waals surface area (Å²) in [6.07, 6.45) is 2.02. The van der Waals surface area contributed by atoms with Gasteiger partial charge in [0.05, 0.1) is 19.3 Å². The molecule has 3 rings (SSSR count). The number of hydrogen-bond donors (Lipinski definition) is 0. The van der Waals surface area contributed by atoms with Crippen molar-refractivity contribution in [2.45, 2.75) is 44.2 Å². The summed E-state index contributed by atoms with van der Waals surface area (Å²) in [4.78, 5) is 11.5. The van der Waals surface area contributed by atoms with E-state index in [0.29, 0.717) is 13.0 Å². The van der Waals surface area contributed by atoms with Gasteiger partial charge in [-0.2, -0.15) is 5.26 Å². The van der Waals surface area contributed by atoms with Gasteiger partial charge in [0.25, 0.3) is 0 Å². The van der Waals surface area contributed by atoms with E-state index in [9.17, 15) is 10.1 Å². The van der Waals surface area contributed by atoms with E-state index in [4.69, 9.17) is 14.2 Å². The number of nitriles is 1. The fourth-order valence-electron chi connectivity index (χ4n) is 3.31. The zero-order chi connectivity index (χ0) is 16.5. The van der Waals surface area contributed by atoms with Crippen molar-refractivity contribution in [2.75, 3.05) is 6.61 Å². The van der Waals surface area contributed by atoms with Crippen LogP contribution < -0.4 is 0 Å². The van der Waals surface area contributed by atoms with Crippen molar-refractivity contribution in [1.82, 2.24) is 0 Å². The van der Waals surface area contributed by atoms with E-state index >= 15 is 0 Å². The van der Waals surface area contributed by atoms with Gasteiger partial charge >= 0.3 is 5.97 Å². The first kappa shape index (κ1) is 15.7. The van der Waals surface area contributed by atoms with Crippen molar-refractivity contribution in [2.24, 2.45) is 0 Å². The lowest BCUT2D eigenvalue weighted by atomic mass is 9.77. The zero-order valence-corrected chi connectivity index (χ0v) is 13.2. The number of nitrogens with zero attached hydrogens (tertiary/aromatic N) is 1. The first-order valence-corrected chi connectivity index (χ1v) is 7.60. The molecular formula is C18H19NO4. The van der Waals surface area contributed by atoms with Crippen molar-refractivity contribution in [3.63, 3.8) is 0 Å². The lowest BCUT2D eigenvalue weighted by Crippen LogP contribution is -2.54. The van der Waals surface area contributed by atoms with Gasteiger partial charge in [0.2, 0.25) is 5.60 Å². The molecule has 0 saturated carbocycles. The Balaban J connectivity index is 1.78. The van der Waals surface area contributed by atoms with Crippen LogP contribution in [-0.4, -0.2) is 29.9 Å². The second kappa shape index (κ2) is 5.80. The van der Waals surface area contributed by atoms with Crippen LogP contribution in [0.15, 0.2) is 42.0 Å².